The van der Waals surface area contributed by atoms with Gasteiger partial charge in [0.05, 0.1) is 0 Å². The van der Waals surface area contributed by atoms with Crippen LogP contribution in [0, 0.1) is 0 Å². The number of hydrogen-bond acceptors (Lipinski definition) is 5. The lowest BCUT2D eigenvalue weighted by Gasteiger charge is -2.10. The Labute approximate surface area is 125 Å². The lowest BCUT2D eigenvalue weighted by atomic mass is 10.2. The van der Waals surface area contributed by atoms with Crippen molar-refractivity contribution >= 4 is 0 Å². The molecular weight excluding hydrogens is 250 g/mol. The Kier molecular flexibility index (Phi) is 13.6. The summed E-state index contributed by atoms with van der Waals surface area (Å²) < 4.78 is 0. The van der Waals surface area contributed by atoms with Gasteiger partial charge in [0, 0.05) is 26.2 Å². The van der Waals surface area contributed by atoms with Gasteiger partial charge in [-0.25, -0.2) is 0 Å². The lowest BCUT2D eigenvalue weighted by molar-refractivity contribution is 0.520. The first kappa shape index (κ1) is 17.9. The Balaban J connectivity index is 0.000000276. The van der Waals surface area contributed by atoms with Crippen molar-refractivity contribution in [3.8, 4) is 0 Å². The van der Waals surface area contributed by atoms with E-state index in [-0.39, 0.29) is 0 Å². The Morgan fingerprint density at radius 2 is 0.550 bits per heavy atom. The van der Waals surface area contributed by atoms with Crippen molar-refractivity contribution in [2.45, 2.75) is 32.1 Å². The molecule has 0 spiro atoms. The van der Waals surface area contributed by atoms with Crippen molar-refractivity contribution in [2.75, 3.05) is 65.4 Å². The average molecular weight is 285 g/mol. The molecule has 2 aliphatic heterocycles. The minimum Gasteiger partial charge on any atom is -0.317 e. The van der Waals surface area contributed by atoms with Crippen molar-refractivity contribution in [3.05, 3.63) is 0 Å². The molecule has 2 aliphatic rings. The van der Waals surface area contributed by atoms with Gasteiger partial charge in [-0.15, -0.1) is 0 Å². The van der Waals surface area contributed by atoms with Crippen LogP contribution in [-0.2, 0) is 0 Å². The highest BCUT2D eigenvalue weighted by Crippen LogP contribution is 1.96. The Morgan fingerprint density at radius 3 is 0.800 bits per heavy atom. The average Bonchev–Trinajstić information content (AvgIpc) is 2.52. The molecule has 0 atom stereocenters. The number of piperidine rings is 1. The monoisotopic (exact) mass is 285 g/mol. The van der Waals surface area contributed by atoms with Crippen LogP contribution < -0.4 is 26.6 Å². The second-order valence-electron chi connectivity index (χ2n) is 5.52. The van der Waals surface area contributed by atoms with Crippen molar-refractivity contribution in [3.63, 3.8) is 0 Å². The Morgan fingerprint density at radius 1 is 0.250 bits per heavy atom. The van der Waals surface area contributed by atoms with E-state index in [1.807, 2.05) is 0 Å². The summed E-state index contributed by atoms with van der Waals surface area (Å²) in [5.74, 6) is 0. The molecule has 2 heterocycles. The number of hydrogen-bond donors (Lipinski definition) is 5. The van der Waals surface area contributed by atoms with E-state index in [4.69, 9.17) is 0 Å². The summed E-state index contributed by atoms with van der Waals surface area (Å²) in [7, 11) is 0. The van der Waals surface area contributed by atoms with Crippen molar-refractivity contribution in [1.29, 1.82) is 0 Å². The van der Waals surface area contributed by atoms with E-state index in [1.165, 1.54) is 45.2 Å². The maximum atomic E-state index is 3.42. The molecule has 0 aliphatic carbocycles. The van der Waals surface area contributed by atoms with Gasteiger partial charge in [-0.2, -0.15) is 0 Å². The van der Waals surface area contributed by atoms with Gasteiger partial charge >= 0.3 is 0 Å². The van der Waals surface area contributed by atoms with Crippen LogP contribution in [0.2, 0.25) is 0 Å². The molecule has 2 saturated heterocycles. The smallest absolute Gasteiger partial charge is 0.00767 e. The summed E-state index contributed by atoms with van der Waals surface area (Å²) >= 11 is 0. The van der Waals surface area contributed by atoms with E-state index in [9.17, 15) is 0 Å². The summed E-state index contributed by atoms with van der Waals surface area (Å²) in [5, 5.41) is 17.0. The highest BCUT2D eigenvalue weighted by atomic mass is 15.0. The number of rotatable bonds is 0. The van der Waals surface area contributed by atoms with Gasteiger partial charge < -0.3 is 26.6 Å². The van der Waals surface area contributed by atoms with Crippen LogP contribution in [0.4, 0.5) is 0 Å². The van der Waals surface area contributed by atoms with Crippen LogP contribution in [0.1, 0.15) is 32.1 Å². The van der Waals surface area contributed by atoms with Crippen LogP contribution in [0.25, 0.3) is 0 Å². The summed E-state index contributed by atoms with van der Waals surface area (Å²) in [6.07, 6.45) is 6.66. The van der Waals surface area contributed by atoms with E-state index in [1.54, 1.807) is 0 Å². The quantitative estimate of drug-likeness (QED) is 0.430. The van der Waals surface area contributed by atoms with E-state index in [0.29, 0.717) is 0 Å². The standard InChI is InChI=1S/C10H24N4.C5H11N/c1-3-11-7-9-13-5-2-6-14-10-8-12-4-1;1-2-4-6-5-3-1/h11-14H,1-10H2;6H,1-5H2. The number of nitrogens with one attached hydrogen (secondary N) is 5. The van der Waals surface area contributed by atoms with Crippen LogP contribution >= 0.6 is 0 Å². The first-order chi connectivity index (χ1) is 10.0. The summed E-state index contributed by atoms with van der Waals surface area (Å²) in [4.78, 5) is 0. The zero-order valence-electron chi connectivity index (χ0n) is 13.1. The molecule has 2 fully saturated rings. The molecule has 2 rings (SSSR count). The first-order valence-electron chi connectivity index (χ1n) is 8.54. The molecule has 0 aromatic heterocycles. The van der Waals surface area contributed by atoms with E-state index in [2.05, 4.69) is 26.6 Å². The lowest BCUT2D eigenvalue weighted by Crippen LogP contribution is -2.34. The van der Waals surface area contributed by atoms with Gasteiger partial charge in [-0.3, -0.25) is 0 Å². The summed E-state index contributed by atoms with van der Waals surface area (Å²) in [6.45, 7) is 11.4. The zero-order valence-corrected chi connectivity index (χ0v) is 13.1. The second-order valence-corrected chi connectivity index (χ2v) is 5.52. The summed E-state index contributed by atoms with van der Waals surface area (Å²) in [6, 6.07) is 0. The highest BCUT2D eigenvalue weighted by molar-refractivity contribution is 4.58. The molecule has 5 heteroatoms. The normalized spacial score (nSPS) is 24.0. The minimum atomic E-state index is 1.09. The van der Waals surface area contributed by atoms with Gasteiger partial charge in [0.25, 0.3) is 0 Å². The molecule has 120 valence electrons. The van der Waals surface area contributed by atoms with E-state index in [0.717, 1.165) is 52.4 Å². The van der Waals surface area contributed by atoms with Gasteiger partial charge in [0.15, 0.2) is 0 Å². The first-order valence-corrected chi connectivity index (χ1v) is 8.54. The molecule has 0 aromatic carbocycles. The van der Waals surface area contributed by atoms with Crippen molar-refractivity contribution < 1.29 is 0 Å². The molecular formula is C15H35N5. The topological polar surface area (TPSA) is 60.1 Å². The SMILES string of the molecule is C1CCNCC1.C1CNCCNCCCNCCNC1. The van der Waals surface area contributed by atoms with Gasteiger partial charge in [0.2, 0.25) is 0 Å². The molecule has 0 bridgehead atoms. The molecule has 0 saturated carbocycles. The van der Waals surface area contributed by atoms with E-state index >= 15 is 0 Å². The predicted molar refractivity (Wildman–Crippen MR) is 87.4 cm³/mol. The fourth-order valence-electron chi connectivity index (χ4n) is 2.33. The van der Waals surface area contributed by atoms with E-state index < -0.39 is 0 Å². The maximum absolute atomic E-state index is 3.42. The fraction of sp³-hybridized carbons (Fsp3) is 1.00. The van der Waals surface area contributed by atoms with Crippen LogP contribution in [0.15, 0.2) is 0 Å². The minimum absolute atomic E-state index is 1.09. The fourth-order valence-corrected chi connectivity index (χ4v) is 2.33. The predicted octanol–water partition coefficient (Wildman–Crippen LogP) is -0.101. The van der Waals surface area contributed by atoms with Crippen LogP contribution in [0.5, 0.6) is 0 Å². The maximum Gasteiger partial charge on any atom is 0.00767 e. The molecule has 5 N–H and O–H groups in total. The zero-order chi connectivity index (χ0) is 14.1. The second kappa shape index (κ2) is 15.2. The van der Waals surface area contributed by atoms with Crippen LogP contribution in [-0.4, -0.2) is 65.4 Å². The third-order valence-electron chi connectivity index (χ3n) is 3.58. The largest absolute Gasteiger partial charge is 0.317 e. The molecule has 0 amide bonds. The molecule has 0 radical (unpaired) electrons. The molecule has 0 unspecified atom stereocenters. The molecule has 0 aromatic rings. The molecule has 20 heavy (non-hydrogen) atoms. The van der Waals surface area contributed by atoms with Crippen LogP contribution in [0.3, 0.4) is 0 Å². The Bertz CT molecular complexity index is 120. The van der Waals surface area contributed by atoms with Gasteiger partial charge in [-0.05, 0) is 65.0 Å². The third-order valence-corrected chi connectivity index (χ3v) is 3.58. The third kappa shape index (κ3) is 12.8. The summed E-state index contributed by atoms with van der Waals surface area (Å²) in [5.41, 5.74) is 0. The van der Waals surface area contributed by atoms with Crippen molar-refractivity contribution in [1.82, 2.24) is 26.6 Å². The Hall–Kier alpha value is -0.200. The molecule has 5 nitrogen and oxygen atoms in total. The van der Waals surface area contributed by atoms with Crippen molar-refractivity contribution in [2.24, 2.45) is 0 Å². The highest BCUT2D eigenvalue weighted by Gasteiger charge is 1.94. The van der Waals surface area contributed by atoms with Gasteiger partial charge in [0.1, 0.15) is 0 Å². The van der Waals surface area contributed by atoms with Gasteiger partial charge in [-0.1, -0.05) is 6.42 Å².